The number of likely N-dealkylation sites (tertiary alicyclic amines) is 1. The van der Waals surface area contributed by atoms with E-state index in [0.29, 0.717) is 36.4 Å². The van der Waals surface area contributed by atoms with Crippen molar-refractivity contribution in [2.75, 3.05) is 6.54 Å². The number of nitrogens with two attached hydrogens (primary N) is 1. The zero-order valence-corrected chi connectivity index (χ0v) is 15.8. The Balaban J connectivity index is 1.78. The molecule has 0 saturated carbocycles. The number of urea groups is 1. The topological polar surface area (TPSA) is 122 Å². The molecule has 3 rings (SSSR count). The zero-order chi connectivity index (χ0) is 20.8. The highest BCUT2D eigenvalue weighted by Gasteiger charge is 2.35. The minimum atomic E-state index is -1.02. The Morgan fingerprint density at radius 1 is 1.14 bits per heavy atom. The van der Waals surface area contributed by atoms with Gasteiger partial charge >= 0.3 is 12.0 Å². The van der Waals surface area contributed by atoms with Crippen LogP contribution in [0.4, 0.5) is 4.79 Å². The third-order valence-corrected chi connectivity index (χ3v) is 4.79. The average Bonchev–Trinajstić information content (AvgIpc) is 3.18. The SMILES string of the molecule is NC(=O)NC(CC(=O)N1CCC[C@@H]1C(=O)O)c1cccc(Oc2ccccc2)c1. The average molecular weight is 397 g/mol. The molecule has 1 fully saturated rings. The molecule has 0 aromatic heterocycles. The largest absolute Gasteiger partial charge is 0.480 e. The number of nitrogens with zero attached hydrogens (tertiary/aromatic N) is 1. The summed E-state index contributed by atoms with van der Waals surface area (Å²) < 4.78 is 5.81. The van der Waals surface area contributed by atoms with Crippen LogP contribution in [0.5, 0.6) is 11.5 Å². The smallest absolute Gasteiger partial charge is 0.326 e. The molecule has 3 amide bonds. The summed E-state index contributed by atoms with van der Waals surface area (Å²) in [6, 6.07) is 13.9. The predicted molar refractivity (Wildman–Crippen MR) is 105 cm³/mol. The molecule has 1 saturated heterocycles. The van der Waals surface area contributed by atoms with Crippen molar-refractivity contribution in [3.05, 3.63) is 60.2 Å². The highest BCUT2D eigenvalue weighted by atomic mass is 16.5. The summed E-state index contributed by atoms with van der Waals surface area (Å²) in [6.45, 7) is 0.385. The number of ether oxygens (including phenoxy) is 1. The Kier molecular flexibility index (Phi) is 6.33. The summed E-state index contributed by atoms with van der Waals surface area (Å²) in [6.07, 6.45) is 0.966. The number of hydrogen-bond donors (Lipinski definition) is 3. The van der Waals surface area contributed by atoms with E-state index in [9.17, 15) is 19.5 Å². The standard InChI is InChI=1S/C21H23N3O5/c22-21(28)23-17(13-19(25)24-11-5-10-18(24)20(26)27)14-6-4-9-16(12-14)29-15-7-2-1-3-8-15/h1-4,6-9,12,17-18H,5,10-11,13H2,(H,26,27)(H3,22,23,28)/t17?,18-/m1/s1. The van der Waals surface area contributed by atoms with Crippen LogP contribution in [0.1, 0.15) is 30.9 Å². The summed E-state index contributed by atoms with van der Waals surface area (Å²) in [5.41, 5.74) is 5.93. The number of primary amides is 1. The fourth-order valence-electron chi connectivity index (χ4n) is 3.46. The zero-order valence-electron chi connectivity index (χ0n) is 15.8. The van der Waals surface area contributed by atoms with Gasteiger partial charge in [0.15, 0.2) is 0 Å². The number of rotatable bonds is 7. The lowest BCUT2D eigenvalue weighted by molar-refractivity contribution is -0.148. The Labute approximate surface area is 168 Å². The first-order chi connectivity index (χ1) is 13.9. The first-order valence-electron chi connectivity index (χ1n) is 9.35. The van der Waals surface area contributed by atoms with Gasteiger partial charge in [-0.2, -0.15) is 0 Å². The van der Waals surface area contributed by atoms with Crippen LogP contribution < -0.4 is 15.8 Å². The molecule has 152 valence electrons. The van der Waals surface area contributed by atoms with Gasteiger partial charge in [0.05, 0.1) is 12.5 Å². The minimum Gasteiger partial charge on any atom is -0.480 e. The molecular formula is C21H23N3O5. The highest BCUT2D eigenvalue weighted by Crippen LogP contribution is 2.27. The molecule has 2 aromatic carbocycles. The van der Waals surface area contributed by atoms with Gasteiger partial charge in [-0.25, -0.2) is 9.59 Å². The van der Waals surface area contributed by atoms with Crippen molar-refractivity contribution in [1.82, 2.24) is 10.2 Å². The normalized spacial score (nSPS) is 16.8. The number of carboxylic acids is 1. The predicted octanol–water partition coefficient (Wildman–Crippen LogP) is 2.65. The van der Waals surface area contributed by atoms with E-state index in [-0.39, 0.29) is 12.3 Å². The van der Waals surface area contributed by atoms with E-state index in [1.807, 2.05) is 30.3 Å². The van der Waals surface area contributed by atoms with Gasteiger partial charge in [0.25, 0.3) is 0 Å². The Morgan fingerprint density at radius 2 is 1.86 bits per heavy atom. The molecule has 0 aliphatic carbocycles. The molecule has 2 atom stereocenters. The third kappa shape index (κ3) is 5.25. The molecule has 0 radical (unpaired) electrons. The monoisotopic (exact) mass is 397 g/mol. The molecule has 4 N–H and O–H groups in total. The Hall–Kier alpha value is -3.55. The van der Waals surface area contributed by atoms with Crippen LogP contribution in [-0.2, 0) is 9.59 Å². The lowest BCUT2D eigenvalue weighted by Crippen LogP contribution is -2.43. The van der Waals surface area contributed by atoms with E-state index in [1.54, 1.807) is 24.3 Å². The van der Waals surface area contributed by atoms with Crippen molar-refractivity contribution in [2.24, 2.45) is 5.73 Å². The molecule has 0 bridgehead atoms. The Bertz CT molecular complexity index is 887. The summed E-state index contributed by atoms with van der Waals surface area (Å²) in [5, 5.41) is 11.9. The molecule has 2 aromatic rings. The molecule has 8 nitrogen and oxygen atoms in total. The van der Waals surface area contributed by atoms with Crippen LogP contribution in [0, 0.1) is 0 Å². The number of benzene rings is 2. The third-order valence-electron chi connectivity index (χ3n) is 4.79. The fourth-order valence-corrected chi connectivity index (χ4v) is 3.46. The number of aliphatic carboxylic acids is 1. The van der Waals surface area contributed by atoms with Crippen LogP contribution in [-0.4, -0.2) is 40.5 Å². The van der Waals surface area contributed by atoms with E-state index >= 15 is 0 Å². The number of nitrogens with one attached hydrogen (secondary N) is 1. The second-order valence-electron chi connectivity index (χ2n) is 6.84. The van der Waals surface area contributed by atoms with E-state index < -0.39 is 24.1 Å². The highest BCUT2D eigenvalue weighted by molar-refractivity contribution is 5.85. The summed E-state index contributed by atoms with van der Waals surface area (Å²) >= 11 is 0. The molecular weight excluding hydrogens is 374 g/mol. The number of amides is 3. The minimum absolute atomic E-state index is 0.0957. The van der Waals surface area contributed by atoms with Gasteiger partial charge in [-0.05, 0) is 42.7 Å². The van der Waals surface area contributed by atoms with Crippen molar-refractivity contribution < 1.29 is 24.2 Å². The number of carbonyl (C=O) groups is 3. The van der Waals surface area contributed by atoms with Gasteiger partial charge in [-0.1, -0.05) is 30.3 Å². The van der Waals surface area contributed by atoms with E-state index in [2.05, 4.69) is 5.32 Å². The van der Waals surface area contributed by atoms with Crippen LogP contribution in [0.3, 0.4) is 0 Å². The van der Waals surface area contributed by atoms with E-state index in [4.69, 9.17) is 10.5 Å². The molecule has 29 heavy (non-hydrogen) atoms. The van der Waals surface area contributed by atoms with Gasteiger partial charge in [0, 0.05) is 6.54 Å². The second kappa shape index (κ2) is 9.09. The molecule has 1 aliphatic rings. The Morgan fingerprint density at radius 3 is 2.55 bits per heavy atom. The van der Waals surface area contributed by atoms with Crippen molar-refractivity contribution in [3.63, 3.8) is 0 Å². The first kappa shape index (κ1) is 20.2. The summed E-state index contributed by atoms with van der Waals surface area (Å²) in [5.74, 6) is -0.167. The maximum atomic E-state index is 12.7. The van der Waals surface area contributed by atoms with Gasteiger partial charge < -0.3 is 25.8 Å². The maximum absolute atomic E-state index is 12.7. The van der Waals surface area contributed by atoms with Crippen LogP contribution >= 0.6 is 0 Å². The van der Waals surface area contributed by atoms with Gasteiger partial charge in [0.1, 0.15) is 17.5 Å². The van der Waals surface area contributed by atoms with Gasteiger partial charge in [0.2, 0.25) is 5.91 Å². The lowest BCUT2D eigenvalue weighted by atomic mass is 10.0. The maximum Gasteiger partial charge on any atom is 0.326 e. The van der Waals surface area contributed by atoms with Crippen molar-refractivity contribution in [1.29, 1.82) is 0 Å². The van der Waals surface area contributed by atoms with E-state index in [0.717, 1.165) is 0 Å². The number of para-hydroxylation sites is 1. The molecule has 1 unspecified atom stereocenters. The van der Waals surface area contributed by atoms with Crippen molar-refractivity contribution >= 4 is 17.9 Å². The number of carboxylic acid groups (broad SMARTS) is 1. The first-order valence-corrected chi connectivity index (χ1v) is 9.35. The summed E-state index contributed by atoms with van der Waals surface area (Å²) in [4.78, 5) is 37.0. The quantitative estimate of drug-likeness (QED) is 0.663. The molecule has 8 heteroatoms. The second-order valence-corrected chi connectivity index (χ2v) is 6.84. The van der Waals surface area contributed by atoms with Crippen LogP contribution in [0.2, 0.25) is 0 Å². The fraction of sp³-hybridized carbons (Fsp3) is 0.286. The van der Waals surface area contributed by atoms with Crippen LogP contribution in [0.15, 0.2) is 54.6 Å². The van der Waals surface area contributed by atoms with Crippen molar-refractivity contribution in [3.8, 4) is 11.5 Å². The lowest BCUT2D eigenvalue weighted by Gasteiger charge is -2.25. The van der Waals surface area contributed by atoms with E-state index in [1.165, 1.54) is 4.90 Å². The molecule has 0 spiro atoms. The van der Waals surface area contributed by atoms with Gasteiger partial charge in [-0.3, -0.25) is 4.79 Å². The van der Waals surface area contributed by atoms with Crippen molar-refractivity contribution in [2.45, 2.75) is 31.3 Å². The molecule has 1 aliphatic heterocycles. The number of hydrogen-bond acceptors (Lipinski definition) is 4. The number of carbonyl (C=O) groups excluding carboxylic acids is 2. The van der Waals surface area contributed by atoms with Gasteiger partial charge in [-0.15, -0.1) is 0 Å². The summed E-state index contributed by atoms with van der Waals surface area (Å²) in [7, 11) is 0. The van der Waals surface area contributed by atoms with Crippen LogP contribution in [0.25, 0.3) is 0 Å². The molecule has 1 heterocycles.